The summed E-state index contributed by atoms with van der Waals surface area (Å²) in [5.41, 5.74) is 2.65. The van der Waals surface area contributed by atoms with E-state index < -0.39 is 5.97 Å². The number of rotatable bonds is 5. The largest absolute Gasteiger partial charge is 0.461 e. The van der Waals surface area contributed by atoms with Gasteiger partial charge in [-0.2, -0.15) is 5.10 Å². The molecular weight excluding hydrogens is 395 g/mol. The second-order valence-electron chi connectivity index (χ2n) is 5.54. The highest BCUT2D eigenvalue weighted by Gasteiger charge is 2.17. The zero-order valence-electron chi connectivity index (χ0n) is 13.9. The van der Waals surface area contributed by atoms with Gasteiger partial charge >= 0.3 is 5.97 Å². The van der Waals surface area contributed by atoms with E-state index in [1.54, 1.807) is 48.0 Å². The molecule has 134 valence electrons. The Morgan fingerprint density at radius 2 is 1.73 bits per heavy atom. The quantitative estimate of drug-likeness (QED) is 0.505. The van der Waals surface area contributed by atoms with Crippen LogP contribution in [-0.4, -0.2) is 22.4 Å². The monoisotopic (exact) mass is 408 g/mol. The Bertz CT molecular complexity index is 936. The summed E-state index contributed by atoms with van der Waals surface area (Å²) >= 11 is 18.3. The van der Waals surface area contributed by atoms with Gasteiger partial charge in [0.1, 0.15) is 0 Å². The highest BCUT2D eigenvalue weighted by atomic mass is 35.5. The molecule has 3 aromatic rings. The lowest BCUT2D eigenvalue weighted by Crippen LogP contribution is -2.08. The van der Waals surface area contributed by atoms with Crippen molar-refractivity contribution >= 4 is 40.8 Å². The molecule has 0 unspecified atom stereocenters. The smallest absolute Gasteiger partial charge is 0.358 e. The average Bonchev–Trinajstić information content (AvgIpc) is 3.03. The fraction of sp³-hybridized carbons (Fsp3) is 0.158. The third-order valence-electron chi connectivity index (χ3n) is 3.73. The summed E-state index contributed by atoms with van der Waals surface area (Å²) in [5, 5.41) is 6.18. The second kappa shape index (κ2) is 8.12. The van der Waals surface area contributed by atoms with Crippen molar-refractivity contribution < 1.29 is 9.53 Å². The molecule has 0 fully saturated rings. The van der Waals surface area contributed by atoms with E-state index in [0.29, 0.717) is 21.6 Å². The standard InChI is InChI=1S/C19H15Cl3N2O2/c1-2-26-19(25)17-10-18(12-3-5-14(20)6-4-12)24(23-17)11-13-9-15(21)7-8-16(13)22/h3-10H,2,11H2,1H3. The fourth-order valence-electron chi connectivity index (χ4n) is 2.52. The molecule has 0 N–H and O–H groups in total. The zero-order valence-corrected chi connectivity index (χ0v) is 16.1. The molecule has 3 rings (SSSR count). The summed E-state index contributed by atoms with van der Waals surface area (Å²) < 4.78 is 6.76. The SMILES string of the molecule is CCOC(=O)c1cc(-c2ccc(Cl)cc2)n(Cc2cc(Cl)ccc2Cl)n1. The van der Waals surface area contributed by atoms with Crippen molar-refractivity contribution in [1.29, 1.82) is 0 Å². The van der Waals surface area contributed by atoms with Crippen LogP contribution in [0.4, 0.5) is 0 Å². The maximum absolute atomic E-state index is 12.1. The van der Waals surface area contributed by atoms with Crippen molar-refractivity contribution in [2.24, 2.45) is 0 Å². The number of esters is 1. The topological polar surface area (TPSA) is 44.1 Å². The average molecular weight is 410 g/mol. The molecule has 26 heavy (non-hydrogen) atoms. The minimum Gasteiger partial charge on any atom is -0.461 e. The van der Waals surface area contributed by atoms with Crippen LogP contribution in [0.1, 0.15) is 23.0 Å². The molecule has 0 bridgehead atoms. The Morgan fingerprint density at radius 1 is 1.04 bits per heavy atom. The first-order chi connectivity index (χ1) is 12.5. The Kier molecular flexibility index (Phi) is 5.87. The van der Waals surface area contributed by atoms with Crippen molar-refractivity contribution in [3.8, 4) is 11.3 Å². The predicted molar refractivity (Wildman–Crippen MR) is 104 cm³/mol. The van der Waals surface area contributed by atoms with Gasteiger partial charge in [-0.3, -0.25) is 4.68 Å². The van der Waals surface area contributed by atoms with Crippen molar-refractivity contribution in [2.45, 2.75) is 13.5 Å². The van der Waals surface area contributed by atoms with Crippen LogP contribution in [0.3, 0.4) is 0 Å². The zero-order chi connectivity index (χ0) is 18.7. The molecule has 2 aromatic carbocycles. The molecule has 0 amide bonds. The predicted octanol–water partition coefficient (Wildman–Crippen LogP) is 5.74. The van der Waals surface area contributed by atoms with Gasteiger partial charge in [-0.25, -0.2) is 4.79 Å². The number of ether oxygens (including phenoxy) is 1. The molecule has 0 saturated carbocycles. The van der Waals surface area contributed by atoms with Crippen LogP contribution >= 0.6 is 34.8 Å². The summed E-state index contributed by atoms with van der Waals surface area (Å²) in [6.45, 7) is 2.39. The number of carbonyl (C=O) groups excluding carboxylic acids is 1. The molecule has 0 atom stereocenters. The summed E-state index contributed by atoms with van der Waals surface area (Å²) in [4.78, 5) is 12.1. The molecule has 0 aliphatic heterocycles. The molecule has 0 saturated heterocycles. The lowest BCUT2D eigenvalue weighted by atomic mass is 10.1. The van der Waals surface area contributed by atoms with Gasteiger partial charge in [-0.1, -0.05) is 46.9 Å². The second-order valence-corrected chi connectivity index (χ2v) is 6.82. The van der Waals surface area contributed by atoms with E-state index >= 15 is 0 Å². The Hall–Kier alpha value is -2.01. The van der Waals surface area contributed by atoms with E-state index in [2.05, 4.69) is 5.10 Å². The Labute approximate surface area is 166 Å². The number of halogens is 3. The van der Waals surface area contributed by atoms with E-state index in [1.165, 1.54) is 0 Å². The van der Waals surface area contributed by atoms with E-state index in [1.807, 2.05) is 12.1 Å². The van der Waals surface area contributed by atoms with Crippen LogP contribution in [0.5, 0.6) is 0 Å². The van der Waals surface area contributed by atoms with Gasteiger partial charge in [0.05, 0.1) is 18.8 Å². The number of benzene rings is 2. The van der Waals surface area contributed by atoms with Gasteiger partial charge in [0.15, 0.2) is 5.69 Å². The molecule has 0 radical (unpaired) electrons. The Morgan fingerprint density at radius 3 is 2.42 bits per heavy atom. The maximum atomic E-state index is 12.1. The number of hydrogen-bond donors (Lipinski definition) is 0. The van der Waals surface area contributed by atoms with Crippen molar-refractivity contribution in [2.75, 3.05) is 6.61 Å². The van der Waals surface area contributed by atoms with Crippen LogP contribution < -0.4 is 0 Å². The van der Waals surface area contributed by atoms with Crippen molar-refractivity contribution in [3.63, 3.8) is 0 Å². The summed E-state index contributed by atoms with van der Waals surface area (Å²) in [6, 6.07) is 14.2. The molecule has 7 heteroatoms. The summed E-state index contributed by atoms with van der Waals surface area (Å²) in [6.07, 6.45) is 0. The maximum Gasteiger partial charge on any atom is 0.358 e. The first-order valence-electron chi connectivity index (χ1n) is 7.92. The van der Waals surface area contributed by atoms with Crippen LogP contribution in [0.25, 0.3) is 11.3 Å². The molecule has 1 heterocycles. The fourth-order valence-corrected chi connectivity index (χ4v) is 3.02. The van der Waals surface area contributed by atoms with Crippen LogP contribution in [0.2, 0.25) is 15.1 Å². The minimum atomic E-state index is -0.473. The number of carbonyl (C=O) groups is 1. The highest BCUT2D eigenvalue weighted by Crippen LogP contribution is 2.26. The van der Waals surface area contributed by atoms with Gasteiger partial charge in [0.2, 0.25) is 0 Å². The van der Waals surface area contributed by atoms with Gasteiger partial charge < -0.3 is 4.74 Å². The Balaban J connectivity index is 2.05. The summed E-state index contributed by atoms with van der Waals surface area (Å²) in [7, 11) is 0. The van der Waals surface area contributed by atoms with Gasteiger partial charge in [0.25, 0.3) is 0 Å². The third kappa shape index (κ3) is 4.21. The number of hydrogen-bond acceptors (Lipinski definition) is 3. The normalized spacial score (nSPS) is 10.8. The molecular formula is C19H15Cl3N2O2. The van der Waals surface area contributed by atoms with Crippen molar-refractivity contribution in [3.05, 3.63) is 74.9 Å². The van der Waals surface area contributed by atoms with E-state index in [0.717, 1.165) is 16.8 Å². The van der Waals surface area contributed by atoms with E-state index in [-0.39, 0.29) is 12.3 Å². The molecule has 4 nitrogen and oxygen atoms in total. The highest BCUT2D eigenvalue weighted by molar-refractivity contribution is 6.33. The van der Waals surface area contributed by atoms with E-state index in [4.69, 9.17) is 39.5 Å². The van der Waals surface area contributed by atoms with Crippen LogP contribution in [0, 0.1) is 0 Å². The summed E-state index contributed by atoms with van der Waals surface area (Å²) in [5.74, 6) is -0.473. The van der Waals surface area contributed by atoms with Crippen LogP contribution in [-0.2, 0) is 11.3 Å². The van der Waals surface area contributed by atoms with Gasteiger partial charge in [0, 0.05) is 15.1 Å². The van der Waals surface area contributed by atoms with Crippen LogP contribution in [0.15, 0.2) is 48.5 Å². The van der Waals surface area contributed by atoms with Gasteiger partial charge in [-0.05, 0) is 54.4 Å². The van der Waals surface area contributed by atoms with E-state index in [9.17, 15) is 4.79 Å². The molecule has 1 aromatic heterocycles. The lowest BCUT2D eigenvalue weighted by molar-refractivity contribution is 0.0518. The first kappa shape index (κ1) is 18.8. The van der Waals surface area contributed by atoms with Gasteiger partial charge in [-0.15, -0.1) is 0 Å². The molecule has 0 aliphatic rings. The number of nitrogens with zero attached hydrogens (tertiary/aromatic N) is 2. The third-order valence-corrected chi connectivity index (χ3v) is 4.59. The van der Waals surface area contributed by atoms with Crippen molar-refractivity contribution in [1.82, 2.24) is 9.78 Å². The number of aromatic nitrogens is 2. The first-order valence-corrected chi connectivity index (χ1v) is 9.06. The molecule has 0 spiro atoms. The minimum absolute atomic E-state index is 0.231. The molecule has 0 aliphatic carbocycles. The lowest BCUT2D eigenvalue weighted by Gasteiger charge is -2.10.